The number of nitrogens with one attached hydrogen (secondary N) is 1. The molecule has 0 unspecified atom stereocenters. The van der Waals surface area contributed by atoms with Crippen molar-refractivity contribution in [3.05, 3.63) is 52.3 Å². The van der Waals surface area contributed by atoms with E-state index < -0.39 is 4.92 Å². The lowest BCUT2D eigenvalue weighted by Crippen LogP contribution is -2.47. The van der Waals surface area contributed by atoms with Gasteiger partial charge in [0.2, 0.25) is 5.95 Å². The predicted molar refractivity (Wildman–Crippen MR) is 102 cm³/mol. The van der Waals surface area contributed by atoms with Crippen molar-refractivity contribution in [2.24, 2.45) is 0 Å². The van der Waals surface area contributed by atoms with Crippen LogP contribution >= 0.6 is 0 Å². The molecule has 1 aromatic carbocycles. The van der Waals surface area contributed by atoms with Gasteiger partial charge in [0.1, 0.15) is 6.07 Å². The second-order valence-corrected chi connectivity index (χ2v) is 6.26. The van der Waals surface area contributed by atoms with E-state index in [0.717, 1.165) is 45.1 Å². The van der Waals surface area contributed by atoms with Crippen molar-refractivity contribution >= 4 is 17.3 Å². The van der Waals surface area contributed by atoms with Gasteiger partial charge in [-0.1, -0.05) is 0 Å². The maximum atomic E-state index is 10.8. The van der Waals surface area contributed by atoms with Crippen LogP contribution in [0.5, 0.6) is 0 Å². The average molecular weight is 367 g/mol. The highest BCUT2D eigenvalue weighted by molar-refractivity contribution is 5.61. The minimum Gasteiger partial charge on any atom is -0.384 e. The smallest absolute Gasteiger partial charge is 0.270 e. The fourth-order valence-corrected chi connectivity index (χ4v) is 3.04. The molecule has 27 heavy (non-hydrogen) atoms. The number of piperazine rings is 1. The number of nitriles is 1. The zero-order valence-electron chi connectivity index (χ0n) is 14.9. The van der Waals surface area contributed by atoms with Gasteiger partial charge in [-0.3, -0.25) is 15.0 Å². The molecule has 9 nitrogen and oxygen atoms in total. The highest BCUT2D eigenvalue weighted by Gasteiger charge is 2.18. The van der Waals surface area contributed by atoms with Crippen LogP contribution in [0.1, 0.15) is 12.0 Å². The first-order valence-electron chi connectivity index (χ1n) is 8.84. The van der Waals surface area contributed by atoms with Crippen molar-refractivity contribution in [3.63, 3.8) is 0 Å². The lowest BCUT2D eigenvalue weighted by atomic mass is 10.1. The van der Waals surface area contributed by atoms with Crippen LogP contribution in [0.3, 0.4) is 0 Å². The monoisotopic (exact) mass is 367 g/mol. The molecular weight excluding hydrogens is 346 g/mol. The molecule has 3 rings (SSSR count). The average Bonchev–Trinajstić information content (AvgIpc) is 2.72. The number of anilines is 2. The molecule has 1 N–H and O–H groups in total. The van der Waals surface area contributed by atoms with Gasteiger partial charge in [-0.15, -0.1) is 0 Å². The number of nitro benzene ring substituents is 1. The minimum atomic E-state index is -0.495. The molecule has 1 aliphatic heterocycles. The van der Waals surface area contributed by atoms with Crippen molar-refractivity contribution in [1.29, 1.82) is 5.26 Å². The minimum absolute atomic E-state index is 0.0719. The number of hydrogen-bond acceptors (Lipinski definition) is 8. The fraction of sp³-hybridized carbons (Fsp3) is 0.389. The molecule has 0 radical (unpaired) electrons. The van der Waals surface area contributed by atoms with Crippen LogP contribution in [-0.4, -0.2) is 59.1 Å². The Bertz CT molecular complexity index is 814. The first-order valence-corrected chi connectivity index (χ1v) is 8.84. The number of rotatable bonds is 7. The summed E-state index contributed by atoms with van der Waals surface area (Å²) < 4.78 is 0. The summed E-state index contributed by atoms with van der Waals surface area (Å²) >= 11 is 0. The van der Waals surface area contributed by atoms with E-state index in [1.165, 1.54) is 12.1 Å². The molecule has 1 aliphatic rings. The summed E-state index contributed by atoms with van der Waals surface area (Å²) in [5.41, 5.74) is 0.854. The van der Waals surface area contributed by atoms with E-state index in [2.05, 4.69) is 25.1 Å². The summed E-state index contributed by atoms with van der Waals surface area (Å²) in [5.74, 6) is 0.779. The molecule has 2 aromatic rings. The molecule has 1 fully saturated rings. The summed E-state index contributed by atoms with van der Waals surface area (Å²) in [7, 11) is 0. The Kier molecular flexibility index (Phi) is 6.12. The lowest BCUT2D eigenvalue weighted by Gasteiger charge is -2.34. The number of hydrogen-bond donors (Lipinski definition) is 1. The molecule has 140 valence electrons. The molecule has 0 aliphatic carbocycles. The summed E-state index contributed by atoms with van der Waals surface area (Å²) in [5, 5.41) is 23.2. The predicted octanol–water partition coefficient (Wildman–Crippen LogP) is 1.88. The fourth-order valence-electron chi connectivity index (χ4n) is 3.04. The molecule has 9 heteroatoms. The van der Waals surface area contributed by atoms with Gasteiger partial charge >= 0.3 is 0 Å². The first-order chi connectivity index (χ1) is 13.2. The van der Waals surface area contributed by atoms with Gasteiger partial charge in [0.05, 0.1) is 16.2 Å². The molecule has 0 saturated carbocycles. The number of nitrogens with zero attached hydrogens (tertiary/aromatic N) is 6. The molecule has 0 atom stereocenters. The van der Waals surface area contributed by atoms with E-state index in [4.69, 9.17) is 5.26 Å². The van der Waals surface area contributed by atoms with E-state index in [0.29, 0.717) is 17.8 Å². The van der Waals surface area contributed by atoms with Gasteiger partial charge in [0.25, 0.3) is 5.69 Å². The van der Waals surface area contributed by atoms with E-state index >= 15 is 0 Å². The van der Waals surface area contributed by atoms with E-state index in [-0.39, 0.29) is 5.69 Å². The van der Waals surface area contributed by atoms with Crippen molar-refractivity contribution in [1.82, 2.24) is 14.9 Å². The van der Waals surface area contributed by atoms with Gasteiger partial charge in [-0.2, -0.15) is 5.26 Å². The van der Waals surface area contributed by atoms with Crippen LogP contribution in [0.25, 0.3) is 0 Å². The lowest BCUT2D eigenvalue weighted by molar-refractivity contribution is -0.384. The van der Waals surface area contributed by atoms with Gasteiger partial charge in [-0.25, -0.2) is 9.97 Å². The van der Waals surface area contributed by atoms with Crippen molar-refractivity contribution in [2.45, 2.75) is 6.42 Å². The zero-order valence-corrected chi connectivity index (χ0v) is 14.9. The molecule has 2 heterocycles. The Morgan fingerprint density at radius 1 is 1.22 bits per heavy atom. The Hall–Kier alpha value is -3.25. The molecule has 1 saturated heterocycles. The Morgan fingerprint density at radius 2 is 1.96 bits per heavy atom. The van der Waals surface area contributed by atoms with E-state index in [1.807, 2.05) is 12.1 Å². The Balaban J connectivity index is 1.41. The highest BCUT2D eigenvalue weighted by Crippen LogP contribution is 2.21. The Labute approximate surface area is 157 Å². The topological polar surface area (TPSA) is 111 Å². The van der Waals surface area contributed by atoms with Crippen LogP contribution in [0, 0.1) is 21.4 Å². The summed E-state index contributed by atoms with van der Waals surface area (Å²) in [6.07, 6.45) is 4.44. The second kappa shape index (κ2) is 8.91. The highest BCUT2D eigenvalue weighted by atomic mass is 16.6. The van der Waals surface area contributed by atoms with Crippen molar-refractivity contribution in [2.75, 3.05) is 49.5 Å². The number of non-ortho nitro benzene ring substituents is 1. The number of benzene rings is 1. The van der Waals surface area contributed by atoms with E-state index in [1.54, 1.807) is 18.5 Å². The van der Waals surface area contributed by atoms with E-state index in [9.17, 15) is 10.1 Å². The van der Waals surface area contributed by atoms with Gasteiger partial charge in [0.15, 0.2) is 0 Å². The number of aromatic nitrogens is 2. The molecule has 0 amide bonds. The zero-order chi connectivity index (χ0) is 19.1. The van der Waals surface area contributed by atoms with Crippen molar-refractivity contribution < 1.29 is 4.92 Å². The number of nitro groups is 1. The quantitative estimate of drug-likeness (QED) is 0.448. The van der Waals surface area contributed by atoms with Crippen LogP contribution in [0.15, 0.2) is 36.7 Å². The van der Waals surface area contributed by atoms with Crippen LogP contribution in [0.4, 0.5) is 17.3 Å². The summed E-state index contributed by atoms with van der Waals surface area (Å²) in [4.78, 5) is 23.4. The van der Waals surface area contributed by atoms with Crippen molar-refractivity contribution in [3.8, 4) is 6.07 Å². The normalized spacial score (nSPS) is 14.6. The third-order valence-electron chi connectivity index (χ3n) is 4.51. The maximum Gasteiger partial charge on any atom is 0.270 e. The molecule has 1 aromatic heterocycles. The second-order valence-electron chi connectivity index (χ2n) is 6.26. The third kappa shape index (κ3) is 4.89. The maximum absolute atomic E-state index is 10.8. The Morgan fingerprint density at radius 3 is 2.63 bits per heavy atom. The van der Waals surface area contributed by atoms with Crippen LogP contribution in [0.2, 0.25) is 0 Å². The van der Waals surface area contributed by atoms with Crippen LogP contribution < -0.4 is 10.2 Å². The largest absolute Gasteiger partial charge is 0.384 e. The SMILES string of the molecule is N#Cc1cc([N+](=O)[O-])ccc1NCCCN1CCN(c2ncccn2)CC1. The first kappa shape index (κ1) is 18.5. The summed E-state index contributed by atoms with van der Waals surface area (Å²) in [6, 6.07) is 8.12. The van der Waals surface area contributed by atoms with Gasteiger partial charge in [-0.05, 0) is 25.1 Å². The van der Waals surface area contributed by atoms with Gasteiger partial charge in [0, 0.05) is 57.3 Å². The third-order valence-corrected chi connectivity index (χ3v) is 4.51. The van der Waals surface area contributed by atoms with Gasteiger partial charge < -0.3 is 10.2 Å². The van der Waals surface area contributed by atoms with Crippen LogP contribution in [-0.2, 0) is 0 Å². The molecular formula is C18H21N7O2. The standard InChI is InChI=1S/C18H21N7O2/c19-14-15-13-16(25(26)27)3-4-17(15)20-7-2-8-23-9-11-24(12-10-23)18-21-5-1-6-22-18/h1,3-6,13,20H,2,7-12H2. The molecule has 0 spiro atoms. The molecule has 0 bridgehead atoms. The summed E-state index contributed by atoms with van der Waals surface area (Å²) in [6.45, 7) is 5.37.